The lowest BCUT2D eigenvalue weighted by atomic mass is 10.2. The van der Waals surface area contributed by atoms with Gasteiger partial charge in [-0.15, -0.1) is 11.8 Å². The highest BCUT2D eigenvalue weighted by Crippen LogP contribution is 2.32. The topological polar surface area (TPSA) is 119 Å². The van der Waals surface area contributed by atoms with Crippen molar-refractivity contribution >= 4 is 28.9 Å². The number of hydrogen-bond donors (Lipinski definition) is 3. The van der Waals surface area contributed by atoms with Gasteiger partial charge in [0.25, 0.3) is 0 Å². The van der Waals surface area contributed by atoms with E-state index >= 15 is 0 Å². The summed E-state index contributed by atoms with van der Waals surface area (Å²) in [5.74, 6) is 0.167. The molecule has 1 aliphatic heterocycles. The third kappa shape index (κ3) is 2.12. The predicted octanol–water partition coefficient (Wildman–Crippen LogP) is -0.229. The lowest BCUT2D eigenvalue weighted by Gasteiger charge is -2.13. The zero-order valence-corrected chi connectivity index (χ0v) is 11.6. The molecule has 1 aliphatic rings. The molecule has 0 spiro atoms. The van der Waals surface area contributed by atoms with Crippen LogP contribution in [0.1, 0.15) is 12.6 Å². The van der Waals surface area contributed by atoms with Crippen molar-refractivity contribution < 1.29 is 14.9 Å². The van der Waals surface area contributed by atoms with E-state index < -0.39 is 18.4 Å². The zero-order valence-electron chi connectivity index (χ0n) is 10.8. The molecule has 0 bridgehead atoms. The van der Waals surface area contributed by atoms with E-state index in [1.165, 1.54) is 11.8 Å². The molecular formula is C11H15N5O3S. The molecule has 1 fully saturated rings. The van der Waals surface area contributed by atoms with E-state index in [2.05, 4.69) is 15.0 Å². The Hall–Kier alpha value is -1.42. The third-order valence-corrected chi connectivity index (χ3v) is 3.97. The molecule has 0 saturated carbocycles. The fourth-order valence-corrected chi connectivity index (χ4v) is 2.83. The van der Waals surface area contributed by atoms with Crippen LogP contribution in [-0.2, 0) is 4.74 Å². The van der Waals surface area contributed by atoms with Crippen LogP contribution < -0.4 is 5.73 Å². The molecule has 108 valence electrons. The number of imidazole rings is 1. The quantitative estimate of drug-likeness (QED) is 0.525. The summed E-state index contributed by atoms with van der Waals surface area (Å²) in [4.78, 5) is 12.6. The Morgan fingerprint density at radius 1 is 1.55 bits per heavy atom. The van der Waals surface area contributed by atoms with Crippen molar-refractivity contribution in [2.45, 2.75) is 29.9 Å². The molecule has 8 nitrogen and oxygen atoms in total. The van der Waals surface area contributed by atoms with Crippen LogP contribution in [0.25, 0.3) is 11.2 Å². The number of nitrogens with zero attached hydrogens (tertiary/aromatic N) is 4. The summed E-state index contributed by atoms with van der Waals surface area (Å²) >= 11 is 1.44. The minimum atomic E-state index is -0.707. The first-order valence-corrected chi connectivity index (χ1v) is 7.35. The third-order valence-electron chi connectivity index (χ3n) is 3.29. The SMILES string of the molecule is CSc1nc(N)nc2c1ncn2[C@H]1C[C@H](O)[C@H](CO)O1. The summed E-state index contributed by atoms with van der Waals surface area (Å²) in [7, 11) is 0. The number of hydrogen-bond acceptors (Lipinski definition) is 8. The number of nitrogen functional groups attached to an aromatic ring is 1. The minimum Gasteiger partial charge on any atom is -0.394 e. The maximum Gasteiger partial charge on any atom is 0.223 e. The van der Waals surface area contributed by atoms with Crippen molar-refractivity contribution in [3.05, 3.63) is 6.33 Å². The number of nitrogens with two attached hydrogens (primary N) is 1. The van der Waals surface area contributed by atoms with Crippen LogP contribution in [0.5, 0.6) is 0 Å². The number of aliphatic hydroxyl groups excluding tert-OH is 2. The second-order valence-electron chi connectivity index (χ2n) is 4.53. The predicted molar refractivity (Wildman–Crippen MR) is 73.1 cm³/mol. The molecule has 3 heterocycles. The van der Waals surface area contributed by atoms with Gasteiger partial charge in [-0.25, -0.2) is 9.97 Å². The van der Waals surface area contributed by atoms with Crippen molar-refractivity contribution in [1.29, 1.82) is 0 Å². The second-order valence-corrected chi connectivity index (χ2v) is 5.32. The molecule has 1 saturated heterocycles. The molecule has 0 unspecified atom stereocenters. The number of anilines is 1. The van der Waals surface area contributed by atoms with E-state index in [1.54, 1.807) is 10.9 Å². The van der Waals surface area contributed by atoms with Gasteiger partial charge in [0, 0.05) is 6.42 Å². The summed E-state index contributed by atoms with van der Waals surface area (Å²) in [5.41, 5.74) is 6.92. The molecule has 0 radical (unpaired) electrons. The van der Waals surface area contributed by atoms with E-state index in [9.17, 15) is 5.11 Å². The van der Waals surface area contributed by atoms with Crippen LogP contribution in [0.3, 0.4) is 0 Å². The van der Waals surface area contributed by atoms with Gasteiger partial charge in [0.15, 0.2) is 5.65 Å². The van der Waals surface area contributed by atoms with Crippen LogP contribution >= 0.6 is 11.8 Å². The maximum atomic E-state index is 9.81. The summed E-state index contributed by atoms with van der Waals surface area (Å²) in [6.07, 6.45) is 2.14. The smallest absolute Gasteiger partial charge is 0.223 e. The lowest BCUT2D eigenvalue weighted by molar-refractivity contribution is -0.0432. The van der Waals surface area contributed by atoms with Gasteiger partial charge >= 0.3 is 0 Å². The number of thioether (sulfide) groups is 1. The molecule has 3 rings (SSSR count). The molecule has 4 N–H and O–H groups in total. The molecule has 2 aromatic rings. The molecule has 20 heavy (non-hydrogen) atoms. The van der Waals surface area contributed by atoms with Crippen molar-refractivity contribution in [1.82, 2.24) is 19.5 Å². The van der Waals surface area contributed by atoms with Gasteiger partial charge in [-0.3, -0.25) is 4.57 Å². The van der Waals surface area contributed by atoms with Gasteiger partial charge in [-0.2, -0.15) is 4.98 Å². The van der Waals surface area contributed by atoms with Crippen molar-refractivity contribution in [3.63, 3.8) is 0 Å². The first-order chi connectivity index (χ1) is 9.63. The fraction of sp³-hybridized carbons (Fsp3) is 0.545. The highest BCUT2D eigenvalue weighted by Gasteiger charge is 2.35. The largest absolute Gasteiger partial charge is 0.394 e. The molecule has 0 aromatic carbocycles. The lowest BCUT2D eigenvalue weighted by Crippen LogP contribution is -2.24. The van der Waals surface area contributed by atoms with E-state index in [-0.39, 0.29) is 12.6 Å². The van der Waals surface area contributed by atoms with Crippen LogP contribution in [-0.4, -0.2) is 54.8 Å². The van der Waals surface area contributed by atoms with Gasteiger partial charge in [0.05, 0.1) is 19.0 Å². The van der Waals surface area contributed by atoms with Crippen LogP contribution in [0, 0.1) is 0 Å². The van der Waals surface area contributed by atoms with Crippen LogP contribution in [0.15, 0.2) is 11.4 Å². The monoisotopic (exact) mass is 297 g/mol. The summed E-state index contributed by atoms with van der Waals surface area (Å²) in [6.45, 7) is -0.225. The number of fused-ring (bicyclic) bond motifs is 1. The minimum absolute atomic E-state index is 0.167. The van der Waals surface area contributed by atoms with Gasteiger partial charge in [-0.05, 0) is 6.26 Å². The standard InChI is InChI=1S/C11H15N5O3S/c1-20-10-8-9(14-11(12)15-10)16(4-13-8)7-2-5(18)6(3-17)19-7/h4-7,17-18H,2-3H2,1H3,(H2,12,14,15)/t5-,6-,7+/m0/s1. The molecule has 0 aliphatic carbocycles. The van der Waals surface area contributed by atoms with E-state index in [1.807, 2.05) is 6.26 Å². The van der Waals surface area contributed by atoms with Gasteiger partial charge in [-0.1, -0.05) is 0 Å². The van der Waals surface area contributed by atoms with Gasteiger partial charge in [0.1, 0.15) is 22.9 Å². The van der Waals surface area contributed by atoms with Crippen LogP contribution in [0.4, 0.5) is 5.95 Å². The average Bonchev–Trinajstić information content (AvgIpc) is 3.00. The highest BCUT2D eigenvalue weighted by molar-refractivity contribution is 7.98. The molecule has 0 amide bonds. The Kier molecular flexibility index (Phi) is 3.50. The normalized spacial score (nSPS) is 26.4. The summed E-state index contributed by atoms with van der Waals surface area (Å²) < 4.78 is 7.32. The average molecular weight is 297 g/mol. The number of aliphatic hydroxyl groups is 2. The number of rotatable bonds is 3. The Morgan fingerprint density at radius 2 is 2.35 bits per heavy atom. The first-order valence-electron chi connectivity index (χ1n) is 6.12. The van der Waals surface area contributed by atoms with Crippen LogP contribution in [0.2, 0.25) is 0 Å². The first kappa shape index (κ1) is 13.6. The zero-order chi connectivity index (χ0) is 14.3. The van der Waals surface area contributed by atoms with Gasteiger partial charge in [0.2, 0.25) is 5.95 Å². The second kappa shape index (κ2) is 5.17. The Bertz CT molecular complexity index is 634. The van der Waals surface area contributed by atoms with Crippen molar-refractivity contribution in [2.24, 2.45) is 0 Å². The summed E-state index contributed by atoms with van der Waals surface area (Å²) in [6, 6.07) is 0. The molecular weight excluding hydrogens is 282 g/mol. The van der Waals surface area contributed by atoms with E-state index in [0.29, 0.717) is 22.6 Å². The Balaban J connectivity index is 2.03. The number of aromatic nitrogens is 4. The molecule has 9 heteroatoms. The van der Waals surface area contributed by atoms with E-state index in [0.717, 1.165) is 0 Å². The van der Waals surface area contributed by atoms with Crippen molar-refractivity contribution in [3.8, 4) is 0 Å². The highest BCUT2D eigenvalue weighted by atomic mass is 32.2. The Labute approximate surface area is 119 Å². The molecule has 2 aromatic heterocycles. The van der Waals surface area contributed by atoms with E-state index in [4.69, 9.17) is 15.6 Å². The Morgan fingerprint density at radius 3 is 3.00 bits per heavy atom. The maximum absolute atomic E-state index is 9.81. The summed E-state index contributed by atoms with van der Waals surface area (Å²) in [5, 5.41) is 19.6. The van der Waals surface area contributed by atoms with Gasteiger partial charge < -0.3 is 20.7 Å². The number of ether oxygens (including phenoxy) is 1. The molecule has 3 atom stereocenters. The fourth-order valence-electron chi connectivity index (χ4n) is 2.31. The van der Waals surface area contributed by atoms with Crippen molar-refractivity contribution in [2.75, 3.05) is 18.6 Å².